The second kappa shape index (κ2) is 8.91. The molecule has 0 unspecified atom stereocenters. The van der Waals surface area contributed by atoms with Gasteiger partial charge >= 0.3 is 0 Å². The molecule has 0 saturated carbocycles. The highest BCUT2D eigenvalue weighted by molar-refractivity contribution is 6.18. The number of amides is 1. The van der Waals surface area contributed by atoms with E-state index in [0.717, 1.165) is 16.8 Å². The van der Waals surface area contributed by atoms with Crippen molar-refractivity contribution in [2.75, 3.05) is 17.0 Å². The molecule has 7 nitrogen and oxygen atoms in total. The first-order valence-corrected chi connectivity index (χ1v) is 14.0. The Morgan fingerprint density at radius 3 is 2.50 bits per heavy atom. The highest BCUT2D eigenvalue weighted by atomic mass is 16.7. The standard InChI is InChI=1S/C35H26N2O5/c1-20-11-12-21-14-16-29-35(24-9-5-6-10-25(24)36-34(35)40)30(32(38)23-13-15-27-28(18-23)42-19-41-27)31(37(29)26(21)17-20)33(39)22-7-3-2-4-8-22/h2-18,29-31H,19H2,1H3,(H,36,40)/t29-,30-,31+,35-/m0/s1. The fourth-order valence-electron chi connectivity index (χ4n) is 7.28. The maximum atomic E-state index is 15.0. The van der Waals surface area contributed by atoms with Gasteiger partial charge in [-0.2, -0.15) is 0 Å². The van der Waals surface area contributed by atoms with Crippen molar-refractivity contribution in [2.45, 2.75) is 24.4 Å². The third kappa shape index (κ3) is 3.25. The van der Waals surface area contributed by atoms with E-state index in [0.29, 0.717) is 33.9 Å². The number of aryl methyl sites for hydroxylation is 1. The molecule has 206 valence electrons. The van der Waals surface area contributed by atoms with Crippen molar-refractivity contribution in [3.05, 3.63) is 125 Å². The molecule has 0 bridgehead atoms. The van der Waals surface area contributed by atoms with E-state index in [1.807, 2.05) is 84.6 Å². The average Bonchev–Trinajstić information content (AvgIpc) is 3.70. The van der Waals surface area contributed by atoms with Crippen LogP contribution in [0.1, 0.15) is 37.4 Å². The summed E-state index contributed by atoms with van der Waals surface area (Å²) in [6, 6.07) is 26.1. The molecule has 8 rings (SSSR count). The number of nitrogens with zero attached hydrogens (tertiary/aromatic N) is 1. The summed E-state index contributed by atoms with van der Waals surface area (Å²) in [6.45, 7) is 2.07. The zero-order valence-corrected chi connectivity index (χ0v) is 22.7. The largest absolute Gasteiger partial charge is 0.454 e. The van der Waals surface area contributed by atoms with Gasteiger partial charge in [0.05, 0.1) is 12.0 Å². The summed E-state index contributed by atoms with van der Waals surface area (Å²) in [5.41, 5.74) is 3.63. The summed E-state index contributed by atoms with van der Waals surface area (Å²) in [5.74, 6) is -0.827. The molecule has 1 fully saturated rings. The van der Waals surface area contributed by atoms with Crippen LogP contribution in [-0.4, -0.2) is 36.4 Å². The second-order valence-electron chi connectivity index (χ2n) is 11.2. The Hall–Kier alpha value is -5.17. The predicted molar refractivity (Wildman–Crippen MR) is 158 cm³/mol. The van der Waals surface area contributed by atoms with Crippen LogP contribution in [-0.2, 0) is 10.2 Å². The first-order chi connectivity index (χ1) is 20.5. The molecule has 4 aliphatic rings. The maximum Gasteiger partial charge on any atom is 0.238 e. The van der Waals surface area contributed by atoms with Crippen LogP contribution in [0.4, 0.5) is 11.4 Å². The van der Waals surface area contributed by atoms with Gasteiger partial charge in [0.2, 0.25) is 12.7 Å². The van der Waals surface area contributed by atoms with Crippen LogP contribution in [0.3, 0.4) is 0 Å². The molecule has 0 radical (unpaired) electrons. The number of carbonyl (C=O) groups excluding carboxylic acids is 3. The number of fused-ring (bicyclic) bond motifs is 7. The topological polar surface area (TPSA) is 84.9 Å². The van der Waals surface area contributed by atoms with Gasteiger partial charge in [-0.15, -0.1) is 0 Å². The fourth-order valence-corrected chi connectivity index (χ4v) is 7.28. The van der Waals surface area contributed by atoms with Crippen LogP contribution in [0.2, 0.25) is 0 Å². The number of hydrogen-bond acceptors (Lipinski definition) is 6. The minimum absolute atomic E-state index is 0.0715. The van der Waals surface area contributed by atoms with Crippen LogP contribution in [0, 0.1) is 12.8 Å². The molecule has 7 heteroatoms. The zero-order chi connectivity index (χ0) is 28.6. The van der Waals surface area contributed by atoms with Crippen molar-refractivity contribution in [1.29, 1.82) is 0 Å². The summed E-state index contributed by atoms with van der Waals surface area (Å²) in [5, 5.41) is 3.07. The second-order valence-corrected chi connectivity index (χ2v) is 11.2. The summed E-state index contributed by atoms with van der Waals surface area (Å²) in [7, 11) is 0. The van der Waals surface area contributed by atoms with Crippen molar-refractivity contribution in [3.63, 3.8) is 0 Å². The van der Waals surface area contributed by atoms with E-state index in [9.17, 15) is 14.4 Å². The minimum Gasteiger partial charge on any atom is -0.454 e. The molecule has 42 heavy (non-hydrogen) atoms. The Labute approximate surface area is 242 Å². The summed E-state index contributed by atoms with van der Waals surface area (Å²) < 4.78 is 11.1. The molecule has 1 N–H and O–H groups in total. The fraction of sp³-hybridized carbons (Fsp3) is 0.171. The monoisotopic (exact) mass is 554 g/mol. The molecule has 4 atom stereocenters. The lowest BCUT2D eigenvalue weighted by Crippen LogP contribution is -2.51. The normalized spacial score (nSPS) is 24.3. The van der Waals surface area contributed by atoms with Gasteiger partial charge < -0.3 is 19.7 Å². The van der Waals surface area contributed by atoms with E-state index >= 15 is 0 Å². The molecule has 0 aliphatic carbocycles. The van der Waals surface area contributed by atoms with Crippen molar-refractivity contribution in [1.82, 2.24) is 0 Å². The number of ketones is 2. The smallest absolute Gasteiger partial charge is 0.238 e. The molecule has 4 aromatic rings. The molecule has 4 aliphatic heterocycles. The van der Waals surface area contributed by atoms with E-state index in [-0.39, 0.29) is 24.3 Å². The van der Waals surface area contributed by atoms with Crippen LogP contribution in [0.15, 0.2) is 97.1 Å². The number of hydrogen-bond donors (Lipinski definition) is 1. The first kappa shape index (κ1) is 24.6. The van der Waals surface area contributed by atoms with Gasteiger partial charge in [-0.3, -0.25) is 14.4 Å². The number of benzene rings is 4. The lowest BCUT2D eigenvalue weighted by molar-refractivity contribution is -0.121. The van der Waals surface area contributed by atoms with E-state index in [2.05, 4.69) is 5.32 Å². The van der Waals surface area contributed by atoms with Gasteiger partial charge in [0.25, 0.3) is 0 Å². The molecule has 1 saturated heterocycles. The Morgan fingerprint density at radius 2 is 1.64 bits per heavy atom. The summed E-state index contributed by atoms with van der Waals surface area (Å²) in [6.07, 6.45) is 3.99. The number of carbonyl (C=O) groups is 3. The quantitative estimate of drug-likeness (QED) is 0.332. The zero-order valence-electron chi connectivity index (χ0n) is 22.7. The van der Waals surface area contributed by atoms with Crippen LogP contribution in [0.5, 0.6) is 11.5 Å². The van der Waals surface area contributed by atoms with Gasteiger partial charge in [0.15, 0.2) is 23.1 Å². The van der Waals surface area contributed by atoms with Crippen LogP contribution >= 0.6 is 0 Å². The van der Waals surface area contributed by atoms with E-state index in [4.69, 9.17) is 9.47 Å². The summed E-state index contributed by atoms with van der Waals surface area (Å²) >= 11 is 0. The number of para-hydroxylation sites is 1. The lowest BCUT2D eigenvalue weighted by Gasteiger charge is -2.37. The van der Waals surface area contributed by atoms with Gasteiger partial charge in [-0.05, 0) is 53.9 Å². The lowest BCUT2D eigenvalue weighted by atomic mass is 9.64. The third-order valence-corrected chi connectivity index (χ3v) is 9.06. The molecule has 4 aromatic carbocycles. The highest BCUT2D eigenvalue weighted by Crippen LogP contribution is 2.58. The summed E-state index contributed by atoms with van der Waals surface area (Å²) in [4.78, 5) is 46.1. The predicted octanol–water partition coefficient (Wildman–Crippen LogP) is 5.58. The molecule has 4 heterocycles. The third-order valence-electron chi connectivity index (χ3n) is 9.06. The Morgan fingerprint density at radius 1 is 0.857 bits per heavy atom. The van der Waals surface area contributed by atoms with Crippen LogP contribution < -0.4 is 19.7 Å². The van der Waals surface area contributed by atoms with Crippen molar-refractivity contribution in [2.24, 2.45) is 5.92 Å². The van der Waals surface area contributed by atoms with E-state index in [1.165, 1.54) is 0 Å². The van der Waals surface area contributed by atoms with Gasteiger partial charge in [0, 0.05) is 22.5 Å². The number of anilines is 2. The first-order valence-electron chi connectivity index (χ1n) is 14.0. The molecule has 1 amide bonds. The Balaban J connectivity index is 1.42. The Bertz CT molecular complexity index is 1850. The molecular weight excluding hydrogens is 528 g/mol. The molecule has 0 aromatic heterocycles. The van der Waals surface area contributed by atoms with Gasteiger partial charge in [0.1, 0.15) is 11.5 Å². The van der Waals surface area contributed by atoms with Gasteiger partial charge in [-0.1, -0.05) is 72.8 Å². The number of ether oxygens (including phenoxy) is 2. The van der Waals surface area contributed by atoms with Crippen molar-refractivity contribution in [3.8, 4) is 11.5 Å². The minimum atomic E-state index is -1.36. The molecular formula is C35H26N2O5. The SMILES string of the molecule is Cc1ccc2c(c1)N1[C@@H](C=C2)[C@]2(C(=O)Nc3ccccc32)[C@H](C(=O)c2ccc3c(c2)OCO3)[C@@H]1C(=O)c1ccccc1. The van der Waals surface area contributed by atoms with Crippen molar-refractivity contribution < 1.29 is 23.9 Å². The maximum absolute atomic E-state index is 15.0. The number of nitrogens with one attached hydrogen (secondary N) is 1. The number of rotatable bonds is 4. The highest BCUT2D eigenvalue weighted by Gasteiger charge is 2.70. The van der Waals surface area contributed by atoms with E-state index in [1.54, 1.807) is 30.3 Å². The average molecular weight is 555 g/mol. The van der Waals surface area contributed by atoms with Crippen molar-refractivity contribution >= 4 is 34.9 Å². The van der Waals surface area contributed by atoms with Crippen LogP contribution in [0.25, 0.3) is 6.08 Å². The molecule has 1 spiro atoms. The number of Topliss-reactive ketones (excluding diaryl/α,β-unsaturated/α-hetero) is 2. The van der Waals surface area contributed by atoms with E-state index < -0.39 is 23.4 Å². The Kier molecular flexibility index (Phi) is 5.22. The van der Waals surface area contributed by atoms with Gasteiger partial charge in [-0.25, -0.2) is 0 Å².